The average Bonchev–Trinajstić information content (AvgIpc) is 2.47. The minimum atomic E-state index is -0.694. The highest BCUT2D eigenvalue weighted by molar-refractivity contribution is 5.27. The summed E-state index contributed by atoms with van der Waals surface area (Å²) < 4.78 is 5.40. The van der Waals surface area contributed by atoms with Crippen molar-refractivity contribution in [2.24, 2.45) is 5.92 Å². The smallest absolute Gasteiger partial charge is 0.181 e. The first-order valence-corrected chi connectivity index (χ1v) is 7.47. The minimum absolute atomic E-state index is 0.258. The topological polar surface area (TPSA) is 65.3 Å². The molecule has 0 saturated heterocycles. The van der Waals surface area contributed by atoms with E-state index in [4.69, 9.17) is 10.00 Å². The summed E-state index contributed by atoms with van der Waals surface area (Å²) in [5, 5.41) is 22.3. The van der Waals surface area contributed by atoms with Crippen LogP contribution in [0.3, 0.4) is 0 Å². The van der Waals surface area contributed by atoms with E-state index >= 15 is 0 Å². The van der Waals surface area contributed by atoms with Crippen LogP contribution < -0.4 is 10.1 Å². The number of nitriles is 1. The van der Waals surface area contributed by atoms with Crippen molar-refractivity contribution >= 4 is 0 Å². The molecule has 3 unspecified atom stereocenters. The van der Waals surface area contributed by atoms with Gasteiger partial charge in [0.15, 0.2) is 6.10 Å². The minimum Gasteiger partial charge on any atom is -0.476 e. The average molecular weight is 290 g/mol. The zero-order valence-electron chi connectivity index (χ0n) is 13.4. The van der Waals surface area contributed by atoms with Crippen LogP contribution >= 0.6 is 0 Å². The summed E-state index contributed by atoms with van der Waals surface area (Å²) >= 11 is 0. The quantitative estimate of drug-likeness (QED) is 0.772. The normalized spacial score (nSPS) is 16.6. The van der Waals surface area contributed by atoms with Crippen LogP contribution in [0.25, 0.3) is 0 Å². The van der Waals surface area contributed by atoms with Gasteiger partial charge in [-0.25, -0.2) is 0 Å². The van der Waals surface area contributed by atoms with Crippen molar-refractivity contribution in [2.45, 2.75) is 52.4 Å². The second-order valence-corrected chi connectivity index (χ2v) is 5.80. The van der Waals surface area contributed by atoms with Gasteiger partial charge in [-0.3, -0.25) is 0 Å². The van der Waals surface area contributed by atoms with Gasteiger partial charge in [0.05, 0.1) is 5.60 Å². The van der Waals surface area contributed by atoms with Crippen molar-refractivity contribution in [3.63, 3.8) is 0 Å². The maximum atomic E-state index is 10.3. The Labute approximate surface area is 127 Å². The highest BCUT2D eigenvalue weighted by atomic mass is 16.5. The van der Waals surface area contributed by atoms with Crippen LogP contribution in [0.2, 0.25) is 0 Å². The molecular weight excluding hydrogens is 264 g/mol. The second-order valence-electron chi connectivity index (χ2n) is 5.80. The fraction of sp³-hybridized carbons (Fsp3) is 0.588. The molecule has 1 aromatic carbocycles. The largest absolute Gasteiger partial charge is 0.476 e. The number of nitrogens with one attached hydrogen (secondary N) is 1. The van der Waals surface area contributed by atoms with E-state index < -0.39 is 11.7 Å². The van der Waals surface area contributed by atoms with Gasteiger partial charge in [-0.2, -0.15) is 5.26 Å². The maximum absolute atomic E-state index is 10.3. The number of hydrogen-bond acceptors (Lipinski definition) is 4. The predicted molar refractivity (Wildman–Crippen MR) is 83.9 cm³/mol. The summed E-state index contributed by atoms with van der Waals surface area (Å²) in [4.78, 5) is 0. The van der Waals surface area contributed by atoms with Gasteiger partial charge in [-0.1, -0.05) is 32.4 Å². The number of benzene rings is 1. The van der Waals surface area contributed by atoms with Crippen molar-refractivity contribution in [1.82, 2.24) is 5.32 Å². The summed E-state index contributed by atoms with van der Waals surface area (Å²) in [5.41, 5.74) is 0.423. The molecule has 0 saturated carbocycles. The van der Waals surface area contributed by atoms with Crippen molar-refractivity contribution in [1.29, 1.82) is 5.26 Å². The molecule has 0 bridgehead atoms. The van der Waals surface area contributed by atoms with E-state index in [2.05, 4.69) is 19.2 Å². The SMILES string of the molecule is CCC(C)C(C)(O)CNCc1ccc(OC(C)C#N)cc1. The van der Waals surface area contributed by atoms with E-state index in [1.165, 1.54) is 0 Å². The Hall–Kier alpha value is -1.57. The Morgan fingerprint density at radius 3 is 2.48 bits per heavy atom. The van der Waals surface area contributed by atoms with Crippen LogP contribution in [0, 0.1) is 17.2 Å². The molecule has 116 valence electrons. The van der Waals surface area contributed by atoms with E-state index in [0.29, 0.717) is 18.8 Å². The van der Waals surface area contributed by atoms with Crippen LogP contribution in [-0.2, 0) is 6.54 Å². The first kappa shape index (κ1) is 17.5. The van der Waals surface area contributed by atoms with Crippen molar-refractivity contribution in [2.75, 3.05) is 6.54 Å². The molecule has 4 nitrogen and oxygen atoms in total. The van der Waals surface area contributed by atoms with Crippen molar-refractivity contribution < 1.29 is 9.84 Å². The van der Waals surface area contributed by atoms with Gasteiger partial charge in [0.25, 0.3) is 0 Å². The highest BCUT2D eigenvalue weighted by Crippen LogP contribution is 2.19. The zero-order chi connectivity index (χ0) is 15.9. The standard InChI is InChI=1S/C17H26N2O2/c1-5-13(2)17(4,20)12-19-11-15-6-8-16(9-7-15)21-14(3)10-18/h6-9,13-14,19-20H,5,11-12H2,1-4H3. The molecule has 0 radical (unpaired) electrons. The Balaban J connectivity index is 2.45. The molecule has 0 spiro atoms. The lowest BCUT2D eigenvalue weighted by molar-refractivity contribution is 0.00534. The fourth-order valence-electron chi connectivity index (χ4n) is 1.99. The summed E-state index contributed by atoms with van der Waals surface area (Å²) in [7, 11) is 0. The molecular formula is C17H26N2O2. The van der Waals surface area contributed by atoms with Gasteiger partial charge in [0.1, 0.15) is 11.8 Å². The molecule has 1 rings (SSSR count). The third-order valence-corrected chi connectivity index (χ3v) is 3.90. The Morgan fingerprint density at radius 1 is 1.33 bits per heavy atom. The van der Waals surface area contributed by atoms with E-state index in [0.717, 1.165) is 12.0 Å². The number of hydrogen-bond donors (Lipinski definition) is 2. The monoisotopic (exact) mass is 290 g/mol. The van der Waals surface area contributed by atoms with Gasteiger partial charge in [-0.15, -0.1) is 0 Å². The number of rotatable bonds is 8. The molecule has 0 aliphatic rings. The van der Waals surface area contributed by atoms with E-state index in [1.54, 1.807) is 6.92 Å². The molecule has 0 aliphatic carbocycles. The first-order valence-electron chi connectivity index (χ1n) is 7.47. The molecule has 0 amide bonds. The van der Waals surface area contributed by atoms with Gasteiger partial charge in [0.2, 0.25) is 0 Å². The molecule has 1 aromatic rings. The number of nitrogens with zero attached hydrogens (tertiary/aromatic N) is 1. The predicted octanol–water partition coefficient (Wildman–Crippen LogP) is 2.86. The Kier molecular flexibility index (Phi) is 6.67. The lowest BCUT2D eigenvalue weighted by Crippen LogP contribution is -2.42. The van der Waals surface area contributed by atoms with E-state index in [9.17, 15) is 5.11 Å². The third-order valence-electron chi connectivity index (χ3n) is 3.90. The van der Waals surface area contributed by atoms with Crippen molar-refractivity contribution in [3.8, 4) is 11.8 Å². The fourth-order valence-corrected chi connectivity index (χ4v) is 1.99. The number of aliphatic hydroxyl groups is 1. The van der Waals surface area contributed by atoms with Gasteiger partial charge in [-0.05, 0) is 37.5 Å². The molecule has 3 atom stereocenters. The molecule has 21 heavy (non-hydrogen) atoms. The second kappa shape index (κ2) is 8.02. The molecule has 0 aliphatic heterocycles. The Morgan fingerprint density at radius 2 is 1.95 bits per heavy atom. The lowest BCUT2D eigenvalue weighted by Gasteiger charge is -2.30. The first-order chi connectivity index (χ1) is 9.89. The number of ether oxygens (including phenoxy) is 1. The van der Waals surface area contributed by atoms with Gasteiger partial charge >= 0.3 is 0 Å². The van der Waals surface area contributed by atoms with Crippen LogP contribution in [0.15, 0.2) is 24.3 Å². The van der Waals surface area contributed by atoms with Crippen LogP contribution in [0.4, 0.5) is 0 Å². The van der Waals surface area contributed by atoms with E-state index in [-0.39, 0.29) is 5.92 Å². The Bertz CT molecular complexity index is 463. The van der Waals surface area contributed by atoms with Crippen LogP contribution in [0.5, 0.6) is 5.75 Å². The molecule has 2 N–H and O–H groups in total. The van der Waals surface area contributed by atoms with Crippen LogP contribution in [0.1, 0.15) is 39.7 Å². The summed E-state index contributed by atoms with van der Waals surface area (Å²) in [6, 6.07) is 9.68. The van der Waals surface area contributed by atoms with Gasteiger partial charge in [0, 0.05) is 13.1 Å². The highest BCUT2D eigenvalue weighted by Gasteiger charge is 2.26. The molecule has 0 aromatic heterocycles. The van der Waals surface area contributed by atoms with Crippen LogP contribution in [-0.4, -0.2) is 23.4 Å². The maximum Gasteiger partial charge on any atom is 0.181 e. The lowest BCUT2D eigenvalue weighted by atomic mass is 9.88. The molecule has 0 fully saturated rings. The van der Waals surface area contributed by atoms with Gasteiger partial charge < -0.3 is 15.2 Å². The zero-order valence-corrected chi connectivity index (χ0v) is 13.4. The van der Waals surface area contributed by atoms with E-state index in [1.807, 2.05) is 37.3 Å². The summed E-state index contributed by atoms with van der Waals surface area (Å²) in [5.74, 6) is 0.952. The molecule has 4 heteroatoms. The third kappa shape index (κ3) is 5.74. The molecule has 0 heterocycles. The summed E-state index contributed by atoms with van der Waals surface area (Å²) in [6.45, 7) is 8.98. The summed E-state index contributed by atoms with van der Waals surface area (Å²) in [6.07, 6.45) is 0.511. The van der Waals surface area contributed by atoms with Crippen molar-refractivity contribution in [3.05, 3.63) is 29.8 Å².